The van der Waals surface area contributed by atoms with E-state index >= 15 is 0 Å². The van der Waals surface area contributed by atoms with Gasteiger partial charge >= 0.3 is 7.05 Å². The number of nitrogens with zero attached hydrogens (tertiary/aromatic N) is 1. The number of benzene rings is 2. The van der Waals surface area contributed by atoms with Crippen LogP contribution in [0, 0.1) is 5.82 Å². The van der Waals surface area contributed by atoms with Crippen LogP contribution in [0.5, 0.6) is 0 Å². The van der Waals surface area contributed by atoms with Gasteiger partial charge in [-0.15, -0.1) is 0 Å². The van der Waals surface area contributed by atoms with E-state index in [4.69, 9.17) is 0 Å². The third-order valence-corrected chi connectivity index (χ3v) is 3.84. The maximum Gasteiger partial charge on any atom is 0.409 e. The molecule has 1 fully saturated rings. The SMILES string of the molecule is CB(O)N(Cc1cccc(NC2CC2)c1)c1ccc(F)cc1. The van der Waals surface area contributed by atoms with Crippen LogP contribution in [-0.4, -0.2) is 18.1 Å². The average Bonchev–Trinajstić information content (AvgIpc) is 3.30. The normalized spacial score (nSPS) is 13.8. The van der Waals surface area contributed by atoms with E-state index in [1.54, 1.807) is 19.0 Å². The van der Waals surface area contributed by atoms with E-state index in [2.05, 4.69) is 17.4 Å². The van der Waals surface area contributed by atoms with E-state index in [0.29, 0.717) is 12.6 Å². The molecule has 0 heterocycles. The van der Waals surface area contributed by atoms with Gasteiger partial charge in [0.25, 0.3) is 0 Å². The molecule has 1 aliphatic rings. The molecule has 0 bridgehead atoms. The van der Waals surface area contributed by atoms with Gasteiger partial charge in [0.05, 0.1) is 0 Å². The van der Waals surface area contributed by atoms with Crippen molar-refractivity contribution >= 4 is 18.4 Å². The van der Waals surface area contributed by atoms with Gasteiger partial charge < -0.3 is 15.2 Å². The predicted octanol–water partition coefficient (Wildman–Crippen LogP) is 3.52. The summed E-state index contributed by atoms with van der Waals surface area (Å²) in [5, 5.41) is 13.5. The number of nitrogens with one attached hydrogen (secondary N) is 1. The Bertz CT molecular complexity index is 629. The molecule has 114 valence electrons. The summed E-state index contributed by atoms with van der Waals surface area (Å²) < 4.78 is 13.1. The topological polar surface area (TPSA) is 35.5 Å². The molecular weight excluding hydrogens is 278 g/mol. The highest BCUT2D eigenvalue weighted by Crippen LogP contribution is 2.26. The molecule has 0 spiro atoms. The van der Waals surface area contributed by atoms with Gasteiger partial charge in [0.1, 0.15) is 5.82 Å². The second-order valence-corrected chi connectivity index (χ2v) is 5.86. The van der Waals surface area contributed by atoms with Crippen LogP contribution in [0.2, 0.25) is 6.82 Å². The van der Waals surface area contributed by atoms with E-state index < -0.39 is 7.05 Å². The van der Waals surface area contributed by atoms with Gasteiger partial charge in [-0.3, -0.25) is 0 Å². The highest BCUT2D eigenvalue weighted by atomic mass is 19.1. The van der Waals surface area contributed by atoms with E-state index in [0.717, 1.165) is 16.9 Å². The zero-order chi connectivity index (χ0) is 15.5. The Morgan fingerprint density at radius 1 is 1.23 bits per heavy atom. The monoisotopic (exact) mass is 298 g/mol. The van der Waals surface area contributed by atoms with Gasteiger partial charge in [-0.1, -0.05) is 12.1 Å². The van der Waals surface area contributed by atoms with Crippen LogP contribution < -0.4 is 10.1 Å². The lowest BCUT2D eigenvalue weighted by molar-refractivity contribution is 0.568. The predicted molar refractivity (Wildman–Crippen MR) is 89.5 cm³/mol. The summed E-state index contributed by atoms with van der Waals surface area (Å²) in [6.45, 7) is 2.29. The fourth-order valence-electron chi connectivity index (χ4n) is 2.49. The zero-order valence-corrected chi connectivity index (χ0v) is 12.7. The first kappa shape index (κ1) is 14.9. The van der Waals surface area contributed by atoms with Crippen molar-refractivity contribution in [3.05, 3.63) is 59.9 Å². The molecule has 1 saturated carbocycles. The first-order chi connectivity index (χ1) is 10.6. The van der Waals surface area contributed by atoms with Gasteiger partial charge in [0.15, 0.2) is 0 Å². The fourth-order valence-corrected chi connectivity index (χ4v) is 2.49. The summed E-state index contributed by atoms with van der Waals surface area (Å²) in [4.78, 5) is 1.84. The minimum absolute atomic E-state index is 0.273. The van der Waals surface area contributed by atoms with Crippen molar-refractivity contribution in [1.29, 1.82) is 0 Å². The molecule has 0 aromatic heterocycles. The van der Waals surface area contributed by atoms with Crippen molar-refractivity contribution in [3.8, 4) is 0 Å². The Balaban J connectivity index is 1.76. The molecule has 0 atom stereocenters. The highest BCUT2D eigenvalue weighted by molar-refractivity contribution is 6.53. The van der Waals surface area contributed by atoms with Crippen molar-refractivity contribution < 1.29 is 9.41 Å². The molecule has 3 rings (SSSR count). The van der Waals surface area contributed by atoms with Gasteiger partial charge in [-0.05, 0) is 61.6 Å². The molecule has 2 N–H and O–H groups in total. The number of anilines is 2. The lowest BCUT2D eigenvalue weighted by Gasteiger charge is -2.26. The van der Waals surface area contributed by atoms with E-state index in [1.165, 1.54) is 25.0 Å². The average molecular weight is 298 g/mol. The van der Waals surface area contributed by atoms with Gasteiger partial charge in [0.2, 0.25) is 0 Å². The highest BCUT2D eigenvalue weighted by Gasteiger charge is 2.21. The molecule has 1 aliphatic carbocycles. The summed E-state index contributed by atoms with van der Waals surface area (Å²) in [6.07, 6.45) is 2.47. The molecule has 2 aromatic carbocycles. The molecule has 0 saturated heterocycles. The van der Waals surface area contributed by atoms with E-state index in [1.807, 2.05) is 16.9 Å². The fraction of sp³-hybridized carbons (Fsp3) is 0.294. The Hall–Kier alpha value is -2.01. The zero-order valence-electron chi connectivity index (χ0n) is 12.7. The Morgan fingerprint density at radius 2 is 1.95 bits per heavy atom. The second kappa shape index (κ2) is 6.40. The summed E-state index contributed by atoms with van der Waals surface area (Å²) in [7, 11) is -0.648. The van der Waals surface area contributed by atoms with Crippen molar-refractivity contribution in [3.63, 3.8) is 0 Å². The second-order valence-electron chi connectivity index (χ2n) is 5.86. The van der Waals surface area contributed by atoms with Crippen LogP contribution in [0.25, 0.3) is 0 Å². The summed E-state index contributed by atoms with van der Waals surface area (Å²) in [5.74, 6) is -0.273. The largest absolute Gasteiger partial charge is 0.432 e. The molecule has 0 radical (unpaired) electrons. The number of hydrogen-bond donors (Lipinski definition) is 2. The van der Waals surface area contributed by atoms with Crippen LogP contribution in [0.4, 0.5) is 15.8 Å². The first-order valence-electron chi connectivity index (χ1n) is 7.67. The maximum absolute atomic E-state index is 13.1. The third kappa shape index (κ3) is 3.80. The van der Waals surface area contributed by atoms with Crippen molar-refractivity contribution in [2.24, 2.45) is 0 Å². The molecule has 0 amide bonds. The molecule has 0 unspecified atom stereocenters. The van der Waals surface area contributed by atoms with Crippen LogP contribution >= 0.6 is 0 Å². The molecule has 5 heteroatoms. The van der Waals surface area contributed by atoms with Gasteiger partial charge in [-0.2, -0.15) is 0 Å². The van der Waals surface area contributed by atoms with E-state index in [9.17, 15) is 9.41 Å². The van der Waals surface area contributed by atoms with Crippen molar-refractivity contribution in [1.82, 2.24) is 0 Å². The van der Waals surface area contributed by atoms with Crippen LogP contribution in [0.3, 0.4) is 0 Å². The van der Waals surface area contributed by atoms with Crippen molar-refractivity contribution in [2.45, 2.75) is 32.3 Å². The Labute approximate surface area is 130 Å². The summed E-state index contributed by atoms with van der Waals surface area (Å²) in [5.41, 5.74) is 3.03. The van der Waals surface area contributed by atoms with Crippen LogP contribution in [0.15, 0.2) is 48.5 Å². The Kier molecular flexibility index (Phi) is 4.34. The smallest absolute Gasteiger partial charge is 0.409 e. The molecule has 0 aliphatic heterocycles. The quantitative estimate of drug-likeness (QED) is 0.801. The summed E-state index contributed by atoms with van der Waals surface area (Å²) >= 11 is 0. The molecule has 22 heavy (non-hydrogen) atoms. The first-order valence-corrected chi connectivity index (χ1v) is 7.67. The van der Waals surface area contributed by atoms with Gasteiger partial charge in [-0.25, -0.2) is 4.39 Å². The Morgan fingerprint density at radius 3 is 2.59 bits per heavy atom. The maximum atomic E-state index is 13.1. The standard InChI is InChI=1S/C17H20BFN2O/c1-18(22)21(17-9-5-14(19)6-10-17)12-13-3-2-4-16(11-13)20-15-7-8-15/h2-6,9-11,15,20,22H,7-8,12H2,1H3. The number of halogens is 1. The minimum Gasteiger partial charge on any atom is -0.432 e. The number of hydrogen-bond acceptors (Lipinski definition) is 3. The molecule has 3 nitrogen and oxygen atoms in total. The van der Waals surface area contributed by atoms with E-state index in [-0.39, 0.29) is 5.82 Å². The lowest BCUT2D eigenvalue weighted by atomic mass is 9.83. The lowest BCUT2D eigenvalue weighted by Crippen LogP contribution is -2.36. The molecule has 2 aromatic rings. The van der Waals surface area contributed by atoms with Crippen LogP contribution in [0.1, 0.15) is 18.4 Å². The summed E-state index contributed by atoms with van der Waals surface area (Å²) in [6, 6.07) is 15.0. The third-order valence-electron chi connectivity index (χ3n) is 3.84. The number of rotatable bonds is 6. The minimum atomic E-state index is -0.648. The van der Waals surface area contributed by atoms with Gasteiger partial charge in [0, 0.05) is 24.0 Å². The van der Waals surface area contributed by atoms with Crippen LogP contribution in [-0.2, 0) is 6.54 Å². The van der Waals surface area contributed by atoms with Crippen molar-refractivity contribution in [2.75, 3.05) is 10.1 Å². The molecular formula is C17H20BFN2O.